The van der Waals surface area contributed by atoms with Gasteiger partial charge in [-0.2, -0.15) is 0 Å². The van der Waals surface area contributed by atoms with Crippen LogP contribution in [0.2, 0.25) is 0 Å². The van der Waals surface area contributed by atoms with E-state index in [1.165, 1.54) is 50.6 Å². The molecule has 0 aliphatic rings. The second kappa shape index (κ2) is 9.81. The molecule has 0 aliphatic carbocycles. The summed E-state index contributed by atoms with van der Waals surface area (Å²) < 4.78 is 20.7. The van der Waals surface area contributed by atoms with Crippen molar-refractivity contribution in [3.8, 4) is 11.5 Å². The number of anilines is 1. The van der Waals surface area contributed by atoms with Crippen molar-refractivity contribution in [2.75, 3.05) is 19.5 Å². The molecule has 11 heteroatoms. The molecular weight excluding hydrogens is 434 g/mol. The second-order valence-electron chi connectivity index (χ2n) is 6.92. The van der Waals surface area contributed by atoms with E-state index in [0.717, 1.165) is 0 Å². The SMILES string of the molecule is COC(=O)c1cc(NC(=O)c2ccc([N+](=O)[O-])cc2OCc2c(C)noc2C)cc(OC)c1. The molecule has 0 fully saturated rings. The minimum absolute atomic E-state index is 0.00205. The number of ether oxygens (including phenoxy) is 3. The number of methoxy groups -OCH3 is 2. The van der Waals surface area contributed by atoms with Crippen molar-refractivity contribution in [3.05, 3.63) is 74.7 Å². The van der Waals surface area contributed by atoms with E-state index in [1.54, 1.807) is 13.8 Å². The van der Waals surface area contributed by atoms with Gasteiger partial charge >= 0.3 is 5.97 Å². The van der Waals surface area contributed by atoms with Crippen LogP contribution in [0, 0.1) is 24.0 Å². The Kier molecular flexibility index (Phi) is 6.91. The third-order valence-corrected chi connectivity index (χ3v) is 4.80. The van der Waals surface area contributed by atoms with Gasteiger partial charge < -0.3 is 24.1 Å². The standard InChI is InChI=1S/C22H21N3O8/c1-12-19(13(2)33-24-12)11-32-20-10-16(25(28)29)5-6-18(20)21(26)23-15-7-14(22(27)31-4)8-17(9-15)30-3/h5-10H,11H2,1-4H3,(H,23,26). The Morgan fingerprint density at radius 3 is 2.52 bits per heavy atom. The minimum Gasteiger partial charge on any atom is -0.497 e. The highest BCUT2D eigenvalue weighted by molar-refractivity contribution is 6.07. The summed E-state index contributed by atoms with van der Waals surface area (Å²) in [6.07, 6.45) is 0. The van der Waals surface area contributed by atoms with Crippen molar-refractivity contribution in [1.82, 2.24) is 5.16 Å². The summed E-state index contributed by atoms with van der Waals surface area (Å²) in [5, 5.41) is 17.7. The highest BCUT2D eigenvalue weighted by atomic mass is 16.6. The average Bonchev–Trinajstić information content (AvgIpc) is 3.13. The Labute approximate surface area is 188 Å². The Hall–Kier alpha value is -4.41. The number of nitrogens with zero attached hydrogens (tertiary/aromatic N) is 2. The number of non-ortho nitro benzene ring substituents is 1. The van der Waals surface area contributed by atoms with Crippen molar-refractivity contribution in [3.63, 3.8) is 0 Å². The number of nitrogens with one attached hydrogen (secondary N) is 1. The van der Waals surface area contributed by atoms with Gasteiger partial charge in [0, 0.05) is 17.8 Å². The largest absolute Gasteiger partial charge is 0.497 e. The van der Waals surface area contributed by atoms with Gasteiger partial charge in [0.05, 0.1) is 47.6 Å². The van der Waals surface area contributed by atoms with Crippen LogP contribution in [0.4, 0.5) is 11.4 Å². The van der Waals surface area contributed by atoms with Crippen LogP contribution in [0.15, 0.2) is 40.9 Å². The van der Waals surface area contributed by atoms with Gasteiger partial charge in [0.1, 0.15) is 23.9 Å². The Morgan fingerprint density at radius 1 is 1.15 bits per heavy atom. The maximum absolute atomic E-state index is 13.0. The van der Waals surface area contributed by atoms with E-state index in [0.29, 0.717) is 22.8 Å². The summed E-state index contributed by atoms with van der Waals surface area (Å²) in [4.78, 5) is 35.6. The lowest BCUT2D eigenvalue weighted by molar-refractivity contribution is -0.384. The number of carbonyl (C=O) groups is 2. The van der Waals surface area contributed by atoms with Gasteiger partial charge in [-0.1, -0.05) is 5.16 Å². The van der Waals surface area contributed by atoms with Crippen LogP contribution < -0.4 is 14.8 Å². The molecule has 1 heterocycles. The monoisotopic (exact) mass is 455 g/mol. The van der Waals surface area contributed by atoms with Crippen molar-refractivity contribution < 1.29 is 33.2 Å². The van der Waals surface area contributed by atoms with E-state index in [9.17, 15) is 19.7 Å². The van der Waals surface area contributed by atoms with E-state index >= 15 is 0 Å². The maximum atomic E-state index is 13.0. The molecule has 0 bridgehead atoms. The first-order valence-electron chi connectivity index (χ1n) is 9.65. The highest BCUT2D eigenvalue weighted by Crippen LogP contribution is 2.28. The third-order valence-electron chi connectivity index (χ3n) is 4.80. The van der Waals surface area contributed by atoms with Crippen molar-refractivity contribution in [2.24, 2.45) is 0 Å². The minimum atomic E-state index is -0.609. The topological polar surface area (TPSA) is 143 Å². The van der Waals surface area contributed by atoms with Crippen molar-refractivity contribution >= 4 is 23.3 Å². The fourth-order valence-corrected chi connectivity index (χ4v) is 3.01. The zero-order valence-electron chi connectivity index (χ0n) is 18.3. The number of nitro benzene ring substituents is 1. The first-order chi connectivity index (χ1) is 15.7. The van der Waals surface area contributed by atoms with Crippen LogP contribution in [0.1, 0.15) is 37.7 Å². The lowest BCUT2D eigenvalue weighted by atomic mass is 10.1. The van der Waals surface area contributed by atoms with Gasteiger partial charge in [-0.15, -0.1) is 0 Å². The van der Waals surface area contributed by atoms with Crippen LogP contribution in [0.3, 0.4) is 0 Å². The zero-order valence-corrected chi connectivity index (χ0v) is 18.3. The molecule has 0 radical (unpaired) electrons. The molecule has 2 aromatic carbocycles. The fraction of sp³-hybridized carbons (Fsp3) is 0.227. The molecule has 0 atom stereocenters. The summed E-state index contributed by atoms with van der Waals surface area (Å²) in [7, 11) is 2.65. The lowest BCUT2D eigenvalue weighted by Gasteiger charge is -2.13. The number of nitro groups is 1. The molecule has 1 amide bonds. The van der Waals surface area contributed by atoms with Gasteiger partial charge in [-0.3, -0.25) is 14.9 Å². The molecule has 1 N–H and O–H groups in total. The fourth-order valence-electron chi connectivity index (χ4n) is 3.01. The van der Waals surface area contributed by atoms with Gasteiger partial charge in [-0.05, 0) is 32.0 Å². The molecule has 0 unspecified atom stereocenters. The predicted octanol–water partition coefficient (Wildman–Crippen LogP) is 3.83. The van der Waals surface area contributed by atoms with E-state index in [4.69, 9.17) is 18.7 Å². The summed E-state index contributed by atoms with van der Waals surface area (Å²) in [5.74, 6) is -0.355. The smallest absolute Gasteiger partial charge is 0.338 e. The van der Waals surface area contributed by atoms with Gasteiger partial charge in [0.25, 0.3) is 11.6 Å². The highest BCUT2D eigenvalue weighted by Gasteiger charge is 2.20. The number of aromatic nitrogens is 1. The molecule has 0 saturated heterocycles. The van der Waals surface area contributed by atoms with Crippen LogP contribution >= 0.6 is 0 Å². The summed E-state index contributed by atoms with van der Waals surface area (Å²) >= 11 is 0. The van der Waals surface area contributed by atoms with Gasteiger partial charge in [-0.25, -0.2) is 4.79 Å². The van der Waals surface area contributed by atoms with E-state index in [2.05, 4.69) is 10.5 Å². The van der Waals surface area contributed by atoms with Crippen LogP contribution in [-0.4, -0.2) is 36.2 Å². The number of rotatable bonds is 8. The third kappa shape index (κ3) is 5.26. The molecule has 3 aromatic rings. The zero-order chi connectivity index (χ0) is 24.1. The van der Waals surface area contributed by atoms with Crippen LogP contribution in [0.25, 0.3) is 0 Å². The lowest BCUT2D eigenvalue weighted by Crippen LogP contribution is -2.15. The number of carbonyl (C=O) groups excluding carboxylic acids is 2. The predicted molar refractivity (Wildman–Crippen MR) is 116 cm³/mol. The number of hydrogen-bond acceptors (Lipinski definition) is 9. The summed E-state index contributed by atoms with van der Waals surface area (Å²) in [5.41, 5.74) is 1.52. The quantitative estimate of drug-likeness (QED) is 0.304. The molecule has 3 rings (SSSR count). The number of benzene rings is 2. The number of aryl methyl sites for hydroxylation is 2. The van der Waals surface area contributed by atoms with Gasteiger partial charge in [0.15, 0.2) is 0 Å². The molecular formula is C22H21N3O8. The molecule has 172 valence electrons. The number of amides is 1. The van der Waals surface area contributed by atoms with Crippen molar-refractivity contribution in [2.45, 2.75) is 20.5 Å². The Bertz CT molecular complexity index is 1200. The first kappa shape index (κ1) is 23.3. The number of hydrogen-bond donors (Lipinski definition) is 1. The van der Waals surface area contributed by atoms with Gasteiger partial charge in [0.2, 0.25) is 0 Å². The first-order valence-corrected chi connectivity index (χ1v) is 9.65. The molecule has 0 saturated carbocycles. The Balaban J connectivity index is 1.92. The maximum Gasteiger partial charge on any atom is 0.338 e. The molecule has 1 aromatic heterocycles. The summed E-state index contributed by atoms with van der Waals surface area (Å²) in [6, 6.07) is 8.05. The van der Waals surface area contributed by atoms with Crippen molar-refractivity contribution in [1.29, 1.82) is 0 Å². The van der Waals surface area contributed by atoms with Crippen LogP contribution in [0.5, 0.6) is 11.5 Å². The molecule has 11 nitrogen and oxygen atoms in total. The Morgan fingerprint density at radius 2 is 1.91 bits per heavy atom. The molecule has 0 spiro atoms. The summed E-state index contributed by atoms with van der Waals surface area (Å²) in [6.45, 7) is 3.44. The average molecular weight is 455 g/mol. The van der Waals surface area contributed by atoms with E-state index < -0.39 is 16.8 Å². The molecule has 0 aliphatic heterocycles. The molecule has 33 heavy (non-hydrogen) atoms. The van der Waals surface area contributed by atoms with Crippen LogP contribution in [-0.2, 0) is 11.3 Å². The normalized spacial score (nSPS) is 10.4. The second-order valence-corrected chi connectivity index (χ2v) is 6.92. The number of esters is 1. The van der Waals surface area contributed by atoms with E-state index in [-0.39, 0.29) is 34.9 Å². The van der Waals surface area contributed by atoms with E-state index in [1.807, 2.05) is 0 Å².